The summed E-state index contributed by atoms with van der Waals surface area (Å²) < 4.78 is 11.5. The molecule has 280 valence electrons. The molecule has 12 nitrogen and oxygen atoms in total. The molecule has 5 heterocycles. The van der Waals surface area contributed by atoms with Crippen molar-refractivity contribution in [2.75, 3.05) is 26.9 Å². The summed E-state index contributed by atoms with van der Waals surface area (Å²) in [5.41, 5.74) is 13.3. The number of methoxy groups -OCH3 is 1. The van der Waals surface area contributed by atoms with Crippen LogP contribution in [0, 0.1) is 11.8 Å². The number of aliphatic hydroxyl groups excluding tert-OH is 1. The van der Waals surface area contributed by atoms with Crippen molar-refractivity contribution in [3.63, 3.8) is 0 Å². The molecule has 1 fully saturated rings. The number of aliphatic carboxylic acids is 1. The summed E-state index contributed by atoms with van der Waals surface area (Å²) in [6.07, 6.45) is 7.19. The zero-order valence-electron chi connectivity index (χ0n) is 31.6. The molecule has 0 saturated carbocycles. The van der Waals surface area contributed by atoms with E-state index in [1.807, 2.05) is 26.0 Å². The van der Waals surface area contributed by atoms with Gasteiger partial charge in [0.1, 0.15) is 5.76 Å². The summed E-state index contributed by atoms with van der Waals surface area (Å²) in [6.45, 7) is 13.1. The van der Waals surface area contributed by atoms with Crippen molar-refractivity contribution in [1.82, 2.24) is 10.6 Å². The van der Waals surface area contributed by atoms with E-state index in [1.54, 1.807) is 7.11 Å². The minimum Gasteiger partial charge on any atom is -0.511 e. The number of carboxylic acid groups (broad SMARTS) is 1. The molecule has 6 rings (SSSR count). The number of carboxylic acids is 1. The van der Waals surface area contributed by atoms with Gasteiger partial charge in [0.25, 0.3) is 0 Å². The van der Waals surface area contributed by atoms with E-state index in [4.69, 9.17) is 29.6 Å². The van der Waals surface area contributed by atoms with E-state index in [1.165, 1.54) is 0 Å². The molecule has 3 atom stereocenters. The minimum absolute atomic E-state index is 0.0537. The average molecular weight is 724 g/mol. The van der Waals surface area contributed by atoms with Gasteiger partial charge in [0.05, 0.1) is 66.5 Å². The fraction of sp³-hybridized carbons (Fsp3) is 0.463. The Morgan fingerprint density at radius 3 is 2.43 bits per heavy atom. The van der Waals surface area contributed by atoms with Gasteiger partial charge in [0.15, 0.2) is 5.78 Å². The van der Waals surface area contributed by atoms with Gasteiger partial charge in [-0.15, -0.1) is 0 Å². The molecular weight excluding hydrogens is 674 g/mol. The number of carbonyl (C=O) groups excluding carboxylic acids is 2. The van der Waals surface area contributed by atoms with Crippen LogP contribution in [0.15, 0.2) is 106 Å². The quantitative estimate of drug-likeness (QED) is 0.157. The lowest BCUT2D eigenvalue weighted by atomic mass is 9.86. The second kappa shape index (κ2) is 15.6. The Bertz CT molecular complexity index is 2010. The highest BCUT2D eigenvalue weighted by molar-refractivity contribution is 6.21. The molecule has 1 amide bonds. The number of rotatable bonds is 14. The highest BCUT2D eigenvalue weighted by atomic mass is 16.5. The fourth-order valence-electron chi connectivity index (χ4n) is 7.94. The maximum Gasteiger partial charge on any atom is 0.303 e. The highest BCUT2D eigenvalue weighted by Crippen LogP contribution is 2.46. The van der Waals surface area contributed by atoms with Crippen molar-refractivity contribution in [2.24, 2.45) is 26.8 Å². The van der Waals surface area contributed by atoms with Crippen molar-refractivity contribution in [1.29, 1.82) is 0 Å². The standard InChI is InChI=1S/C41H49N5O7/c1-8-26-20(2)29-18-34-38(24(6)53-14-13-52-7)22(4)31(44-34)16-30-21(3)27(10-11-36(49)42-19-25(47)9-12-37(50)51)40(45-30)28-15-35(48)39-23(5)32(46-41(28)39)17-33(26)43-29/h16-18,21,24,27,45,48H,8-15,19H2,1-7H3,(H,42,49)(H,50,51)/t21-,24?,27-/m0/s1. The van der Waals surface area contributed by atoms with E-state index in [-0.39, 0.29) is 61.2 Å². The molecule has 1 aliphatic carbocycles. The lowest BCUT2D eigenvalue weighted by Gasteiger charge is -2.18. The SMILES string of the molecule is CCC1=C(C)C2=NC1=CC1=C(C)C3=C(O)CC(=C4NC(=CC5=NC(=C2)C(C(C)OCCOC)=C5C)[C@@H](C)[C@@H]4CCC(=O)NCC(=O)CCC(=O)O)C3=N1. The predicted octanol–water partition coefficient (Wildman–Crippen LogP) is 6.04. The second-order valence-corrected chi connectivity index (χ2v) is 14.3. The molecule has 12 heteroatoms. The van der Waals surface area contributed by atoms with Crippen LogP contribution in [0.4, 0.5) is 0 Å². The number of amides is 1. The fourth-order valence-corrected chi connectivity index (χ4v) is 7.94. The first-order valence-corrected chi connectivity index (χ1v) is 18.4. The number of hydrogen-bond acceptors (Lipinski definition) is 10. The van der Waals surface area contributed by atoms with Gasteiger partial charge in [-0.3, -0.25) is 14.4 Å². The topological polar surface area (TPSA) is 171 Å². The van der Waals surface area contributed by atoms with Crippen molar-refractivity contribution in [3.05, 3.63) is 91.5 Å². The van der Waals surface area contributed by atoms with E-state index < -0.39 is 5.97 Å². The van der Waals surface area contributed by atoms with Crippen LogP contribution in [0.5, 0.6) is 0 Å². The Morgan fingerprint density at radius 2 is 1.72 bits per heavy atom. The lowest BCUT2D eigenvalue weighted by molar-refractivity contribution is -0.138. The number of nitrogens with zero attached hydrogens (tertiary/aromatic N) is 3. The van der Waals surface area contributed by atoms with Gasteiger partial charge >= 0.3 is 5.97 Å². The zero-order valence-corrected chi connectivity index (χ0v) is 31.6. The van der Waals surface area contributed by atoms with Gasteiger partial charge in [0.2, 0.25) is 5.91 Å². The van der Waals surface area contributed by atoms with Crippen molar-refractivity contribution < 1.29 is 34.1 Å². The smallest absolute Gasteiger partial charge is 0.303 e. The van der Waals surface area contributed by atoms with E-state index in [0.29, 0.717) is 26.1 Å². The number of aliphatic imine (C=N–C) groups is 3. The molecule has 1 saturated heterocycles. The highest BCUT2D eigenvalue weighted by Gasteiger charge is 2.41. The number of allylic oxidation sites excluding steroid dienone is 11. The van der Waals surface area contributed by atoms with Crippen LogP contribution in [-0.4, -0.2) is 78.0 Å². The Balaban J connectivity index is 1.42. The molecule has 0 radical (unpaired) electrons. The molecule has 0 aromatic carbocycles. The summed E-state index contributed by atoms with van der Waals surface area (Å²) >= 11 is 0. The van der Waals surface area contributed by atoms with E-state index in [2.05, 4.69) is 44.4 Å². The first kappa shape index (κ1) is 37.8. The molecule has 5 aliphatic heterocycles. The van der Waals surface area contributed by atoms with Crippen LogP contribution in [0.2, 0.25) is 0 Å². The maximum atomic E-state index is 13.0. The molecular formula is C41H49N5O7. The minimum atomic E-state index is -1.05. The molecule has 8 bridgehead atoms. The van der Waals surface area contributed by atoms with Gasteiger partial charge < -0.3 is 30.3 Å². The molecule has 0 aromatic heterocycles. The van der Waals surface area contributed by atoms with Gasteiger partial charge in [-0.25, -0.2) is 15.0 Å². The summed E-state index contributed by atoms with van der Waals surface area (Å²) in [5.74, 6) is -1.59. The number of Topliss-reactive ketones (excluding diaryl/α,β-unsaturated/α-hetero) is 1. The monoisotopic (exact) mass is 723 g/mol. The molecule has 0 spiro atoms. The zero-order chi connectivity index (χ0) is 38.1. The number of carbonyl (C=O) groups is 3. The van der Waals surface area contributed by atoms with Gasteiger partial charge in [-0.2, -0.15) is 0 Å². The van der Waals surface area contributed by atoms with Crippen LogP contribution in [0.3, 0.4) is 0 Å². The number of ketones is 1. The van der Waals surface area contributed by atoms with Gasteiger partial charge in [0, 0.05) is 66.3 Å². The third-order valence-corrected chi connectivity index (χ3v) is 10.9. The van der Waals surface area contributed by atoms with Crippen molar-refractivity contribution in [2.45, 2.75) is 86.2 Å². The van der Waals surface area contributed by atoms with Crippen molar-refractivity contribution in [3.8, 4) is 0 Å². The number of ether oxygens (including phenoxy) is 2. The molecule has 1 unspecified atom stereocenters. The lowest BCUT2D eigenvalue weighted by Crippen LogP contribution is -2.30. The number of nitrogens with one attached hydrogen (secondary N) is 2. The number of aliphatic hydroxyl groups is 1. The summed E-state index contributed by atoms with van der Waals surface area (Å²) in [5, 5.41) is 26.6. The second-order valence-electron chi connectivity index (χ2n) is 14.3. The Morgan fingerprint density at radius 1 is 0.981 bits per heavy atom. The van der Waals surface area contributed by atoms with Crippen LogP contribution in [0.1, 0.15) is 80.1 Å². The normalized spacial score (nSPS) is 22.5. The maximum absolute atomic E-state index is 13.0. The van der Waals surface area contributed by atoms with Crippen LogP contribution in [0.25, 0.3) is 0 Å². The van der Waals surface area contributed by atoms with Crippen LogP contribution >= 0.6 is 0 Å². The first-order valence-electron chi connectivity index (χ1n) is 18.4. The Hall–Kier alpha value is -4.94. The summed E-state index contributed by atoms with van der Waals surface area (Å²) in [4.78, 5) is 51.4. The third kappa shape index (κ3) is 7.48. The molecule has 53 heavy (non-hydrogen) atoms. The van der Waals surface area contributed by atoms with E-state index >= 15 is 0 Å². The Labute approximate surface area is 310 Å². The third-order valence-electron chi connectivity index (χ3n) is 10.9. The average Bonchev–Trinajstić information content (AvgIpc) is 3.87. The number of fused-ring (bicyclic) bond motifs is 5. The van der Waals surface area contributed by atoms with E-state index in [9.17, 15) is 19.5 Å². The van der Waals surface area contributed by atoms with Crippen LogP contribution < -0.4 is 10.6 Å². The van der Waals surface area contributed by atoms with Crippen molar-refractivity contribution >= 4 is 34.8 Å². The van der Waals surface area contributed by atoms with Gasteiger partial charge in [-0.1, -0.05) is 13.8 Å². The van der Waals surface area contributed by atoms with Gasteiger partial charge in [-0.05, 0) is 81.1 Å². The Kier molecular flexibility index (Phi) is 11.1. The molecule has 4 N–H and O–H groups in total. The molecule has 0 aromatic rings. The number of hydrogen-bond donors (Lipinski definition) is 4. The summed E-state index contributed by atoms with van der Waals surface area (Å²) in [7, 11) is 1.65. The summed E-state index contributed by atoms with van der Waals surface area (Å²) in [6, 6.07) is 0. The van der Waals surface area contributed by atoms with E-state index in [0.717, 1.165) is 91.1 Å². The van der Waals surface area contributed by atoms with Crippen LogP contribution in [-0.2, 0) is 23.9 Å². The predicted molar refractivity (Wildman–Crippen MR) is 203 cm³/mol. The first-order chi connectivity index (χ1) is 25.3. The molecule has 6 aliphatic rings. The largest absolute Gasteiger partial charge is 0.511 e.